The third kappa shape index (κ3) is 5.88. The largest absolute Gasteiger partial charge is 0.482 e. The predicted octanol–water partition coefficient (Wildman–Crippen LogP) is 2.34. The van der Waals surface area contributed by atoms with Gasteiger partial charge in [-0.25, -0.2) is 4.79 Å². The van der Waals surface area contributed by atoms with E-state index in [1.807, 2.05) is 6.92 Å². The van der Waals surface area contributed by atoms with Gasteiger partial charge in [-0.2, -0.15) is 13.2 Å². The van der Waals surface area contributed by atoms with Gasteiger partial charge in [-0.1, -0.05) is 0 Å². The molecule has 2 rings (SSSR count). The molecule has 1 atom stereocenters. The van der Waals surface area contributed by atoms with E-state index < -0.39 is 12.8 Å². The van der Waals surface area contributed by atoms with Crippen molar-refractivity contribution in [1.29, 1.82) is 0 Å². The Kier molecular flexibility index (Phi) is 6.24. The molecule has 2 amide bonds. The summed E-state index contributed by atoms with van der Waals surface area (Å²) in [5.74, 6) is 0.00249. The first kappa shape index (κ1) is 18.3. The van der Waals surface area contributed by atoms with Gasteiger partial charge in [-0.05, 0) is 19.4 Å². The van der Waals surface area contributed by atoms with Gasteiger partial charge in [0, 0.05) is 38.0 Å². The minimum atomic E-state index is -4.43. The molecule has 1 saturated heterocycles. The third-order valence-electron chi connectivity index (χ3n) is 3.43. The van der Waals surface area contributed by atoms with Crippen LogP contribution in [-0.2, 0) is 11.3 Å². The Morgan fingerprint density at radius 1 is 1.54 bits per heavy atom. The van der Waals surface area contributed by atoms with Crippen molar-refractivity contribution in [1.82, 2.24) is 15.2 Å². The van der Waals surface area contributed by atoms with Crippen LogP contribution in [0.3, 0.4) is 0 Å². The zero-order valence-electron chi connectivity index (χ0n) is 13.3. The number of nitrogens with zero attached hydrogens (tertiary/aromatic N) is 2. The molecular weight excluding hydrogens is 327 g/mol. The number of pyridine rings is 1. The fourth-order valence-electron chi connectivity index (χ4n) is 2.31. The van der Waals surface area contributed by atoms with Crippen LogP contribution in [0.2, 0.25) is 0 Å². The number of carbonyl (C=O) groups is 1. The van der Waals surface area contributed by atoms with Crippen LogP contribution < -0.4 is 10.1 Å². The highest BCUT2D eigenvalue weighted by Crippen LogP contribution is 2.21. The maximum atomic E-state index is 12.3. The van der Waals surface area contributed by atoms with Crippen molar-refractivity contribution in [3.63, 3.8) is 0 Å². The lowest BCUT2D eigenvalue weighted by molar-refractivity contribution is -0.153. The molecule has 1 aliphatic heterocycles. The molecule has 0 bridgehead atoms. The molecule has 134 valence electrons. The molecule has 1 aromatic rings. The van der Waals surface area contributed by atoms with Crippen LogP contribution in [0.15, 0.2) is 18.5 Å². The molecule has 1 aromatic heterocycles. The number of amides is 2. The SMILES string of the molecule is C[C@H]1CN(C(=O)NCc2ccncc2OCC(F)(F)F)CCCO1. The van der Waals surface area contributed by atoms with Gasteiger partial charge < -0.3 is 19.7 Å². The number of carbonyl (C=O) groups excluding carboxylic acids is 1. The summed E-state index contributed by atoms with van der Waals surface area (Å²) in [4.78, 5) is 17.6. The van der Waals surface area contributed by atoms with E-state index in [0.29, 0.717) is 25.3 Å². The molecular formula is C15H20F3N3O3. The van der Waals surface area contributed by atoms with Crippen molar-refractivity contribution in [3.8, 4) is 5.75 Å². The van der Waals surface area contributed by atoms with Gasteiger partial charge in [0.1, 0.15) is 5.75 Å². The number of ether oxygens (including phenoxy) is 2. The summed E-state index contributed by atoms with van der Waals surface area (Å²) in [6.07, 6.45) is -1.10. The molecule has 1 aliphatic rings. The zero-order valence-corrected chi connectivity index (χ0v) is 13.3. The Balaban J connectivity index is 1.92. The number of rotatable bonds is 4. The van der Waals surface area contributed by atoms with E-state index in [1.165, 1.54) is 18.5 Å². The van der Waals surface area contributed by atoms with Crippen LogP contribution in [0, 0.1) is 0 Å². The van der Waals surface area contributed by atoms with E-state index in [0.717, 1.165) is 6.42 Å². The maximum Gasteiger partial charge on any atom is 0.422 e. The fourth-order valence-corrected chi connectivity index (χ4v) is 2.31. The summed E-state index contributed by atoms with van der Waals surface area (Å²) in [6.45, 7) is 2.19. The molecule has 6 nitrogen and oxygen atoms in total. The van der Waals surface area contributed by atoms with E-state index in [1.54, 1.807) is 4.90 Å². The summed E-state index contributed by atoms with van der Waals surface area (Å²) < 4.78 is 47.0. The van der Waals surface area contributed by atoms with E-state index >= 15 is 0 Å². The van der Waals surface area contributed by atoms with Crippen LogP contribution in [0.4, 0.5) is 18.0 Å². The van der Waals surface area contributed by atoms with Crippen molar-refractivity contribution in [2.75, 3.05) is 26.3 Å². The predicted molar refractivity (Wildman–Crippen MR) is 79.6 cm³/mol. The van der Waals surface area contributed by atoms with Gasteiger partial charge in [-0.3, -0.25) is 4.98 Å². The number of hydrogen-bond donors (Lipinski definition) is 1. The number of urea groups is 1. The van der Waals surface area contributed by atoms with Crippen LogP contribution in [0.25, 0.3) is 0 Å². The second-order valence-corrected chi connectivity index (χ2v) is 5.53. The molecule has 24 heavy (non-hydrogen) atoms. The highest BCUT2D eigenvalue weighted by Gasteiger charge is 2.29. The summed E-state index contributed by atoms with van der Waals surface area (Å²) in [6, 6.07) is 1.23. The van der Waals surface area contributed by atoms with Gasteiger partial charge >= 0.3 is 12.2 Å². The monoisotopic (exact) mass is 347 g/mol. The zero-order chi connectivity index (χ0) is 17.6. The van der Waals surface area contributed by atoms with E-state index in [4.69, 9.17) is 9.47 Å². The molecule has 0 saturated carbocycles. The Hall–Kier alpha value is -2.03. The number of halogens is 3. The van der Waals surface area contributed by atoms with Crippen LogP contribution in [0.5, 0.6) is 5.75 Å². The molecule has 1 fully saturated rings. The van der Waals surface area contributed by atoms with Gasteiger partial charge in [0.05, 0.1) is 12.3 Å². The first-order valence-corrected chi connectivity index (χ1v) is 7.62. The Morgan fingerprint density at radius 3 is 3.08 bits per heavy atom. The Labute approximate surface area is 137 Å². The molecule has 0 radical (unpaired) electrons. The van der Waals surface area contributed by atoms with Crippen LogP contribution >= 0.6 is 0 Å². The third-order valence-corrected chi connectivity index (χ3v) is 3.43. The summed E-state index contributed by atoms with van der Waals surface area (Å²) >= 11 is 0. The average molecular weight is 347 g/mol. The van der Waals surface area contributed by atoms with E-state index in [9.17, 15) is 18.0 Å². The van der Waals surface area contributed by atoms with Crippen molar-refractivity contribution in [2.45, 2.75) is 32.2 Å². The lowest BCUT2D eigenvalue weighted by Crippen LogP contribution is -2.42. The number of aromatic nitrogens is 1. The number of hydrogen-bond acceptors (Lipinski definition) is 4. The Morgan fingerprint density at radius 2 is 2.33 bits per heavy atom. The summed E-state index contributed by atoms with van der Waals surface area (Å²) in [5, 5.41) is 2.70. The topological polar surface area (TPSA) is 63.7 Å². The average Bonchev–Trinajstić information content (AvgIpc) is 2.75. The summed E-state index contributed by atoms with van der Waals surface area (Å²) in [5.41, 5.74) is 0.432. The second-order valence-electron chi connectivity index (χ2n) is 5.53. The van der Waals surface area contributed by atoms with E-state index in [-0.39, 0.29) is 24.4 Å². The Bertz CT molecular complexity index is 554. The summed E-state index contributed by atoms with van der Waals surface area (Å²) in [7, 11) is 0. The minimum Gasteiger partial charge on any atom is -0.482 e. The van der Waals surface area contributed by atoms with Gasteiger partial charge in [-0.15, -0.1) is 0 Å². The molecule has 2 heterocycles. The molecule has 9 heteroatoms. The molecule has 1 N–H and O–H groups in total. The quantitative estimate of drug-likeness (QED) is 0.908. The number of nitrogens with one attached hydrogen (secondary N) is 1. The first-order chi connectivity index (χ1) is 11.3. The van der Waals surface area contributed by atoms with Crippen LogP contribution in [-0.4, -0.2) is 54.5 Å². The van der Waals surface area contributed by atoms with Gasteiger partial charge in [0.15, 0.2) is 6.61 Å². The first-order valence-electron chi connectivity index (χ1n) is 7.62. The normalized spacial score (nSPS) is 18.8. The maximum absolute atomic E-state index is 12.3. The lowest BCUT2D eigenvalue weighted by Gasteiger charge is -2.22. The minimum absolute atomic E-state index is 0.00249. The molecule has 0 unspecified atom stereocenters. The van der Waals surface area contributed by atoms with E-state index in [2.05, 4.69) is 10.3 Å². The highest BCUT2D eigenvalue weighted by atomic mass is 19.4. The molecule has 0 spiro atoms. The van der Waals surface area contributed by atoms with Crippen LogP contribution in [0.1, 0.15) is 18.9 Å². The van der Waals surface area contributed by atoms with Crippen molar-refractivity contribution >= 4 is 6.03 Å². The molecule has 0 aromatic carbocycles. The standard InChI is InChI=1S/C15H20F3N3O3/c1-11-9-21(5-2-6-23-11)14(22)20-7-12-3-4-19-8-13(12)24-10-15(16,17)18/h3-4,8,11H,2,5-7,9-10H2,1H3,(H,20,22)/t11-/m0/s1. The van der Waals surface area contributed by atoms with Gasteiger partial charge in [0.2, 0.25) is 0 Å². The second kappa shape index (κ2) is 8.18. The highest BCUT2D eigenvalue weighted by molar-refractivity contribution is 5.74. The smallest absolute Gasteiger partial charge is 0.422 e. The van der Waals surface area contributed by atoms with Gasteiger partial charge in [0.25, 0.3) is 0 Å². The van der Waals surface area contributed by atoms with Crippen molar-refractivity contribution < 1.29 is 27.4 Å². The molecule has 0 aliphatic carbocycles. The van der Waals surface area contributed by atoms with Crippen molar-refractivity contribution in [3.05, 3.63) is 24.0 Å². The van der Waals surface area contributed by atoms with Crippen molar-refractivity contribution in [2.24, 2.45) is 0 Å². The lowest BCUT2D eigenvalue weighted by atomic mass is 10.2. The fraction of sp³-hybridized carbons (Fsp3) is 0.600. The number of alkyl halides is 3.